The average molecular weight is 443 g/mol. The Balaban J connectivity index is 1.60. The second-order valence-electron chi connectivity index (χ2n) is 8.57. The zero-order chi connectivity index (χ0) is 23.3. The molecule has 0 bridgehead atoms. The SMILES string of the molecule is Cc1cccc(-c2cc(C(=O)N(Cc3ccccc3)Cc3ccccc3)c3ccccc3n2)c1. The maximum atomic E-state index is 14.1. The summed E-state index contributed by atoms with van der Waals surface area (Å²) in [5, 5.41) is 0.870. The Morgan fingerprint density at radius 3 is 1.97 bits per heavy atom. The molecule has 0 aliphatic heterocycles. The summed E-state index contributed by atoms with van der Waals surface area (Å²) < 4.78 is 0. The molecule has 0 saturated carbocycles. The minimum atomic E-state index is 0.000194. The first-order valence-electron chi connectivity index (χ1n) is 11.5. The first-order chi connectivity index (χ1) is 16.7. The van der Waals surface area contributed by atoms with E-state index in [0.29, 0.717) is 18.7 Å². The van der Waals surface area contributed by atoms with Gasteiger partial charge >= 0.3 is 0 Å². The normalized spacial score (nSPS) is 10.9. The number of carbonyl (C=O) groups excluding carboxylic acids is 1. The van der Waals surface area contributed by atoms with E-state index in [-0.39, 0.29) is 5.91 Å². The van der Waals surface area contributed by atoms with Crippen LogP contribution in [0, 0.1) is 6.92 Å². The Labute approximate surface area is 200 Å². The van der Waals surface area contributed by atoms with Crippen molar-refractivity contribution >= 4 is 16.8 Å². The molecule has 3 heteroatoms. The predicted molar refractivity (Wildman–Crippen MR) is 138 cm³/mol. The van der Waals surface area contributed by atoms with Gasteiger partial charge in [-0.1, -0.05) is 103 Å². The maximum absolute atomic E-state index is 14.1. The number of aromatic nitrogens is 1. The molecule has 1 heterocycles. The maximum Gasteiger partial charge on any atom is 0.255 e. The van der Waals surface area contributed by atoms with Crippen LogP contribution in [0.25, 0.3) is 22.2 Å². The summed E-state index contributed by atoms with van der Waals surface area (Å²) in [5.41, 5.74) is 6.68. The molecule has 1 aromatic heterocycles. The van der Waals surface area contributed by atoms with Crippen LogP contribution < -0.4 is 0 Å². The lowest BCUT2D eigenvalue weighted by Gasteiger charge is -2.24. The highest BCUT2D eigenvalue weighted by Crippen LogP contribution is 2.27. The summed E-state index contributed by atoms with van der Waals surface area (Å²) in [4.78, 5) is 20.9. The standard InChI is InChI=1S/C31H26N2O/c1-23-11-10-16-26(19-23)30-20-28(27-17-8-9-18-29(27)32-30)31(34)33(21-24-12-4-2-5-13-24)22-25-14-6-3-7-15-25/h2-20H,21-22H2,1H3. The van der Waals surface area contributed by atoms with Gasteiger partial charge in [0.15, 0.2) is 0 Å². The lowest BCUT2D eigenvalue weighted by atomic mass is 10.0. The van der Waals surface area contributed by atoms with E-state index >= 15 is 0 Å². The predicted octanol–water partition coefficient (Wildman–Crippen LogP) is 7.05. The molecule has 3 nitrogen and oxygen atoms in total. The van der Waals surface area contributed by atoms with Gasteiger partial charge < -0.3 is 4.90 Å². The van der Waals surface area contributed by atoms with Crippen molar-refractivity contribution in [2.24, 2.45) is 0 Å². The Morgan fingerprint density at radius 2 is 1.32 bits per heavy atom. The summed E-state index contributed by atoms with van der Waals surface area (Å²) in [5.74, 6) is 0.000194. The molecule has 0 aliphatic rings. The molecule has 4 aromatic carbocycles. The molecule has 166 valence electrons. The second-order valence-corrected chi connectivity index (χ2v) is 8.57. The summed E-state index contributed by atoms with van der Waals surface area (Å²) >= 11 is 0. The zero-order valence-corrected chi connectivity index (χ0v) is 19.2. The first kappa shape index (κ1) is 21.6. The molecule has 0 radical (unpaired) electrons. The summed E-state index contributed by atoms with van der Waals surface area (Å²) in [6, 6.07) is 38.4. The summed E-state index contributed by atoms with van der Waals surface area (Å²) in [6.07, 6.45) is 0. The minimum Gasteiger partial charge on any atom is -0.330 e. The lowest BCUT2D eigenvalue weighted by molar-refractivity contribution is 0.0732. The minimum absolute atomic E-state index is 0.000194. The van der Waals surface area contributed by atoms with Gasteiger partial charge in [0.2, 0.25) is 0 Å². The van der Waals surface area contributed by atoms with Gasteiger partial charge in [0, 0.05) is 24.0 Å². The van der Waals surface area contributed by atoms with Crippen LogP contribution in [0.15, 0.2) is 115 Å². The Bertz CT molecular complexity index is 1390. The third kappa shape index (κ3) is 4.74. The van der Waals surface area contributed by atoms with Crippen molar-refractivity contribution in [3.63, 3.8) is 0 Å². The van der Waals surface area contributed by atoms with Crippen molar-refractivity contribution in [2.45, 2.75) is 20.0 Å². The van der Waals surface area contributed by atoms with E-state index in [1.165, 1.54) is 0 Å². The van der Waals surface area contributed by atoms with Crippen LogP contribution >= 0.6 is 0 Å². The van der Waals surface area contributed by atoms with Crippen LogP contribution in [0.4, 0.5) is 0 Å². The van der Waals surface area contributed by atoms with E-state index < -0.39 is 0 Å². The van der Waals surface area contributed by atoms with Crippen molar-refractivity contribution < 1.29 is 4.79 Å². The smallest absolute Gasteiger partial charge is 0.255 e. The van der Waals surface area contributed by atoms with Crippen LogP contribution in [0.1, 0.15) is 27.0 Å². The number of benzene rings is 4. The number of hydrogen-bond donors (Lipinski definition) is 0. The van der Waals surface area contributed by atoms with Crippen molar-refractivity contribution in [3.8, 4) is 11.3 Å². The number of hydrogen-bond acceptors (Lipinski definition) is 2. The zero-order valence-electron chi connectivity index (χ0n) is 19.2. The monoisotopic (exact) mass is 442 g/mol. The van der Waals surface area contributed by atoms with Crippen molar-refractivity contribution in [3.05, 3.63) is 138 Å². The molecule has 0 fully saturated rings. The van der Waals surface area contributed by atoms with Gasteiger partial charge in [0.25, 0.3) is 5.91 Å². The lowest BCUT2D eigenvalue weighted by Crippen LogP contribution is -2.30. The van der Waals surface area contributed by atoms with Gasteiger partial charge in [-0.3, -0.25) is 4.79 Å². The molecular weight excluding hydrogens is 416 g/mol. The van der Waals surface area contributed by atoms with Crippen LogP contribution in [-0.4, -0.2) is 15.8 Å². The fourth-order valence-corrected chi connectivity index (χ4v) is 4.28. The molecule has 0 unspecified atom stereocenters. The number of pyridine rings is 1. The average Bonchev–Trinajstić information content (AvgIpc) is 2.88. The summed E-state index contributed by atoms with van der Waals surface area (Å²) in [7, 11) is 0. The summed E-state index contributed by atoms with van der Waals surface area (Å²) in [6.45, 7) is 3.13. The highest BCUT2D eigenvalue weighted by molar-refractivity contribution is 6.07. The van der Waals surface area contributed by atoms with E-state index in [0.717, 1.165) is 38.9 Å². The molecule has 34 heavy (non-hydrogen) atoms. The quantitative estimate of drug-likeness (QED) is 0.282. The number of rotatable bonds is 6. The molecule has 0 aliphatic carbocycles. The Morgan fingerprint density at radius 1 is 0.706 bits per heavy atom. The van der Waals surface area contributed by atoms with E-state index in [1.807, 2.05) is 83.8 Å². The molecule has 0 N–H and O–H groups in total. The number of amides is 1. The second kappa shape index (κ2) is 9.72. The van der Waals surface area contributed by atoms with E-state index in [1.54, 1.807) is 0 Å². The number of para-hydroxylation sites is 1. The number of carbonyl (C=O) groups is 1. The van der Waals surface area contributed by atoms with E-state index in [2.05, 4.69) is 43.3 Å². The number of nitrogens with zero attached hydrogens (tertiary/aromatic N) is 2. The molecule has 0 saturated heterocycles. The van der Waals surface area contributed by atoms with Crippen LogP contribution in [-0.2, 0) is 13.1 Å². The molecule has 1 amide bonds. The van der Waals surface area contributed by atoms with Gasteiger partial charge in [0.1, 0.15) is 0 Å². The van der Waals surface area contributed by atoms with Crippen LogP contribution in [0.2, 0.25) is 0 Å². The number of aryl methyl sites for hydroxylation is 1. The largest absolute Gasteiger partial charge is 0.330 e. The van der Waals surface area contributed by atoms with E-state index in [4.69, 9.17) is 4.98 Å². The highest BCUT2D eigenvalue weighted by Gasteiger charge is 2.21. The van der Waals surface area contributed by atoms with Gasteiger partial charge in [-0.2, -0.15) is 0 Å². The van der Waals surface area contributed by atoms with Crippen LogP contribution in [0.5, 0.6) is 0 Å². The Kier molecular flexibility index (Phi) is 6.17. The highest BCUT2D eigenvalue weighted by atomic mass is 16.2. The first-order valence-corrected chi connectivity index (χ1v) is 11.5. The number of fused-ring (bicyclic) bond motifs is 1. The Hall–Kier alpha value is -4.24. The third-order valence-electron chi connectivity index (χ3n) is 5.98. The molecule has 0 atom stereocenters. The fourth-order valence-electron chi connectivity index (χ4n) is 4.28. The van der Waals surface area contributed by atoms with Gasteiger partial charge in [-0.05, 0) is 36.2 Å². The molecule has 5 rings (SSSR count). The van der Waals surface area contributed by atoms with E-state index in [9.17, 15) is 4.79 Å². The third-order valence-corrected chi connectivity index (χ3v) is 5.98. The molecule has 0 spiro atoms. The van der Waals surface area contributed by atoms with Gasteiger partial charge in [-0.25, -0.2) is 4.98 Å². The van der Waals surface area contributed by atoms with Crippen molar-refractivity contribution in [2.75, 3.05) is 0 Å². The molecule has 5 aromatic rings. The molecular formula is C31H26N2O. The van der Waals surface area contributed by atoms with Crippen molar-refractivity contribution in [1.82, 2.24) is 9.88 Å². The van der Waals surface area contributed by atoms with Crippen LogP contribution in [0.3, 0.4) is 0 Å². The fraction of sp³-hybridized carbons (Fsp3) is 0.0968. The van der Waals surface area contributed by atoms with Crippen molar-refractivity contribution in [1.29, 1.82) is 0 Å². The topological polar surface area (TPSA) is 33.2 Å². The van der Waals surface area contributed by atoms with Gasteiger partial charge in [0.05, 0.1) is 16.8 Å². The van der Waals surface area contributed by atoms with Gasteiger partial charge in [-0.15, -0.1) is 0 Å².